The second-order valence-electron chi connectivity index (χ2n) is 7.68. The van der Waals surface area contributed by atoms with E-state index in [0.29, 0.717) is 18.0 Å². The van der Waals surface area contributed by atoms with Crippen LogP contribution < -0.4 is 15.0 Å². The summed E-state index contributed by atoms with van der Waals surface area (Å²) in [5.41, 5.74) is 4.73. The predicted octanol–water partition coefficient (Wildman–Crippen LogP) is 4.57. The van der Waals surface area contributed by atoms with Crippen LogP contribution in [0.15, 0.2) is 36.4 Å². The van der Waals surface area contributed by atoms with Crippen LogP contribution in [0.25, 0.3) is 0 Å². The van der Waals surface area contributed by atoms with Crippen molar-refractivity contribution in [3.63, 3.8) is 0 Å². The number of carbonyl (C=O) groups is 2. The van der Waals surface area contributed by atoms with E-state index >= 15 is 0 Å². The second kappa shape index (κ2) is 8.46. The Kier molecular flexibility index (Phi) is 6.02. The molecule has 0 aromatic heterocycles. The molecule has 148 valence electrons. The number of anilines is 2. The Balaban J connectivity index is 1.67. The van der Waals surface area contributed by atoms with Gasteiger partial charge in [0.25, 0.3) is 5.91 Å². The van der Waals surface area contributed by atoms with E-state index in [-0.39, 0.29) is 18.4 Å². The van der Waals surface area contributed by atoms with Crippen molar-refractivity contribution in [2.24, 2.45) is 0 Å². The molecule has 0 saturated carbocycles. The fourth-order valence-electron chi connectivity index (χ4n) is 3.46. The molecule has 0 atom stereocenters. The van der Waals surface area contributed by atoms with Gasteiger partial charge in [0, 0.05) is 24.3 Å². The first kappa shape index (κ1) is 19.9. The maximum atomic E-state index is 12.4. The summed E-state index contributed by atoms with van der Waals surface area (Å²) in [6.07, 6.45) is 1.45. The van der Waals surface area contributed by atoms with E-state index in [1.807, 2.05) is 44.2 Å². The molecule has 1 aliphatic heterocycles. The number of nitrogens with one attached hydrogen (secondary N) is 1. The molecule has 1 N–H and O–H groups in total. The summed E-state index contributed by atoms with van der Waals surface area (Å²) in [5, 5.41) is 2.88. The Labute approximate surface area is 166 Å². The summed E-state index contributed by atoms with van der Waals surface area (Å²) in [5.74, 6) is 0.975. The average Bonchev–Trinajstić information content (AvgIpc) is 3.07. The van der Waals surface area contributed by atoms with Crippen molar-refractivity contribution in [1.82, 2.24) is 0 Å². The van der Waals surface area contributed by atoms with Crippen molar-refractivity contribution < 1.29 is 14.3 Å². The number of rotatable bonds is 6. The molecule has 28 heavy (non-hydrogen) atoms. The smallest absolute Gasteiger partial charge is 0.262 e. The Morgan fingerprint density at radius 2 is 1.96 bits per heavy atom. The normalized spacial score (nSPS) is 13.9. The molecule has 2 aromatic rings. The third-order valence-corrected chi connectivity index (χ3v) is 5.01. The summed E-state index contributed by atoms with van der Waals surface area (Å²) in [6.45, 7) is 8.85. The van der Waals surface area contributed by atoms with Crippen molar-refractivity contribution in [1.29, 1.82) is 0 Å². The number of hydrogen-bond acceptors (Lipinski definition) is 3. The SMILES string of the molecule is Cc1ccc(C(C)C)c(OCC(=O)Nc2ccc(C)c(N3CCCC3=O)c2)c1. The van der Waals surface area contributed by atoms with Gasteiger partial charge in [-0.1, -0.05) is 32.0 Å². The molecule has 1 saturated heterocycles. The third-order valence-electron chi connectivity index (χ3n) is 5.01. The zero-order chi connectivity index (χ0) is 20.3. The van der Waals surface area contributed by atoms with Gasteiger partial charge < -0.3 is 15.0 Å². The van der Waals surface area contributed by atoms with Gasteiger partial charge in [-0.05, 0) is 61.1 Å². The first-order chi connectivity index (χ1) is 13.3. The molecule has 1 heterocycles. The van der Waals surface area contributed by atoms with Gasteiger partial charge in [-0.25, -0.2) is 0 Å². The van der Waals surface area contributed by atoms with E-state index in [9.17, 15) is 9.59 Å². The lowest BCUT2D eigenvalue weighted by Gasteiger charge is -2.19. The van der Waals surface area contributed by atoms with Gasteiger partial charge in [0.1, 0.15) is 5.75 Å². The number of amides is 2. The number of carbonyl (C=O) groups excluding carboxylic acids is 2. The lowest BCUT2D eigenvalue weighted by molar-refractivity contribution is -0.118. The number of nitrogens with zero attached hydrogens (tertiary/aromatic N) is 1. The number of hydrogen-bond donors (Lipinski definition) is 1. The monoisotopic (exact) mass is 380 g/mol. The second-order valence-corrected chi connectivity index (χ2v) is 7.68. The minimum absolute atomic E-state index is 0.0605. The minimum atomic E-state index is -0.223. The van der Waals surface area contributed by atoms with Gasteiger partial charge in [0.2, 0.25) is 5.91 Å². The van der Waals surface area contributed by atoms with Crippen LogP contribution in [0.2, 0.25) is 0 Å². The van der Waals surface area contributed by atoms with Crippen molar-refractivity contribution >= 4 is 23.2 Å². The van der Waals surface area contributed by atoms with Gasteiger partial charge in [-0.3, -0.25) is 9.59 Å². The fourth-order valence-corrected chi connectivity index (χ4v) is 3.46. The molecule has 0 unspecified atom stereocenters. The van der Waals surface area contributed by atoms with Crippen molar-refractivity contribution in [3.05, 3.63) is 53.1 Å². The third kappa shape index (κ3) is 4.53. The summed E-state index contributed by atoms with van der Waals surface area (Å²) < 4.78 is 5.81. The molecule has 0 radical (unpaired) electrons. The maximum absolute atomic E-state index is 12.4. The van der Waals surface area contributed by atoms with E-state index in [1.165, 1.54) is 0 Å². The van der Waals surface area contributed by atoms with Gasteiger partial charge >= 0.3 is 0 Å². The molecule has 0 aliphatic carbocycles. The first-order valence-electron chi connectivity index (χ1n) is 9.79. The maximum Gasteiger partial charge on any atom is 0.262 e. The van der Waals surface area contributed by atoms with Crippen molar-refractivity contribution in [2.45, 2.75) is 46.5 Å². The summed E-state index contributed by atoms with van der Waals surface area (Å²) in [7, 11) is 0. The van der Waals surface area contributed by atoms with Crippen molar-refractivity contribution in [2.75, 3.05) is 23.4 Å². The highest BCUT2D eigenvalue weighted by molar-refractivity contribution is 5.98. The zero-order valence-corrected chi connectivity index (χ0v) is 17.0. The van der Waals surface area contributed by atoms with Crippen LogP contribution in [-0.2, 0) is 9.59 Å². The van der Waals surface area contributed by atoms with Gasteiger partial charge in [-0.15, -0.1) is 0 Å². The molecule has 3 rings (SSSR count). The van der Waals surface area contributed by atoms with Crippen LogP contribution in [0, 0.1) is 13.8 Å². The van der Waals surface area contributed by atoms with Crippen LogP contribution in [0.1, 0.15) is 49.3 Å². The number of benzene rings is 2. The molecule has 5 nitrogen and oxygen atoms in total. The molecule has 2 amide bonds. The molecule has 1 fully saturated rings. The highest BCUT2D eigenvalue weighted by Gasteiger charge is 2.23. The van der Waals surface area contributed by atoms with E-state index in [4.69, 9.17) is 4.74 Å². The van der Waals surface area contributed by atoms with E-state index < -0.39 is 0 Å². The lowest BCUT2D eigenvalue weighted by atomic mass is 10.0. The predicted molar refractivity (Wildman–Crippen MR) is 112 cm³/mol. The van der Waals surface area contributed by atoms with Crippen LogP contribution in [0.5, 0.6) is 5.75 Å². The average molecular weight is 380 g/mol. The zero-order valence-electron chi connectivity index (χ0n) is 17.0. The van der Waals surface area contributed by atoms with Gasteiger partial charge in [-0.2, -0.15) is 0 Å². The van der Waals surface area contributed by atoms with Crippen LogP contribution in [-0.4, -0.2) is 25.0 Å². The van der Waals surface area contributed by atoms with E-state index in [2.05, 4.69) is 25.2 Å². The Hall–Kier alpha value is -2.82. The Morgan fingerprint density at radius 3 is 2.64 bits per heavy atom. The van der Waals surface area contributed by atoms with Gasteiger partial charge in [0.15, 0.2) is 6.61 Å². The molecule has 2 aromatic carbocycles. The summed E-state index contributed by atoms with van der Waals surface area (Å²) in [6, 6.07) is 11.7. The van der Waals surface area contributed by atoms with Crippen LogP contribution >= 0.6 is 0 Å². The summed E-state index contributed by atoms with van der Waals surface area (Å²) >= 11 is 0. The fraction of sp³-hybridized carbons (Fsp3) is 0.391. The molecule has 0 bridgehead atoms. The first-order valence-corrected chi connectivity index (χ1v) is 9.79. The quantitative estimate of drug-likeness (QED) is 0.798. The molecule has 5 heteroatoms. The lowest BCUT2D eigenvalue weighted by Crippen LogP contribution is -2.25. The molecular formula is C23H28N2O3. The van der Waals surface area contributed by atoms with Crippen LogP contribution in [0.4, 0.5) is 11.4 Å². The Morgan fingerprint density at radius 1 is 1.18 bits per heavy atom. The number of aryl methyl sites for hydroxylation is 2. The highest BCUT2D eigenvalue weighted by Crippen LogP contribution is 2.29. The molecule has 0 spiro atoms. The molecular weight excluding hydrogens is 352 g/mol. The van der Waals surface area contributed by atoms with Gasteiger partial charge in [0.05, 0.1) is 0 Å². The van der Waals surface area contributed by atoms with E-state index in [1.54, 1.807) is 4.90 Å². The topological polar surface area (TPSA) is 58.6 Å². The van der Waals surface area contributed by atoms with Crippen molar-refractivity contribution in [3.8, 4) is 5.75 Å². The van der Waals surface area contributed by atoms with Crippen LogP contribution in [0.3, 0.4) is 0 Å². The summed E-state index contributed by atoms with van der Waals surface area (Å²) in [4.78, 5) is 26.3. The standard InChI is InChI=1S/C23H28N2O3/c1-15(2)19-10-7-16(3)12-21(19)28-14-22(26)24-18-9-8-17(4)20(13-18)25-11-5-6-23(25)27/h7-10,12-13,15H,5-6,11,14H2,1-4H3,(H,24,26). The number of ether oxygens (including phenoxy) is 1. The van der Waals surface area contributed by atoms with E-state index in [0.717, 1.165) is 41.1 Å². The minimum Gasteiger partial charge on any atom is -0.483 e. The Bertz CT molecular complexity index is 889. The molecule has 1 aliphatic rings. The highest BCUT2D eigenvalue weighted by atomic mass is 16.5. The largest absolute Gasteiger partial charge is 0.483 e.